The van der Waals surface area contributed by atoms with Gasteiger partial charge in [-0.2, -0.15) is 0 Å². The molecule has 1 aliphatic carbocycles. The lowest BCUT2D eigenvalue weighted by Gasteiger charge is -2.17. The van der Waals surface area contributed by atoms with Crippen molar-refractivity contribution in [3.05, 3.63) is 40.4 Å². The molecule has 0 amide bonds. The number of hydrogen-bond donors (Lipinski definition) is 2. The number of nitrogen functional groups attached to an aromatic ring is 1. The number of carboxylic acids is 1. The first-order valence-corrected chi connectivity index (χ1v) is 6.83. The molecule has 1 aromatic heterocycles. The second-order valence-electron chi connectivity index (χ2n) is 4.92. The van der Waals surface area contributed by atoms with Crippen LogP contribution in [0.4, 0.5) is 5.69 Å². The molecular formula is C14H14ClN3O2. The van der Waals surface area contributed by atoms with Crippen molar-refractivity contribution in [2.24, 2.45) is 0 Å². The van der Waals surface area contributed by atoms with Crippen molar-refractivity contribution in [1.29, 1.82) is 0 Å². The van der Waals surface area contributed by atoms with E-state index in [1.807, 2.05) is 0 Å². The average molecular weight is 292 g/mol. The Bertz CT molecular complexity index is 694. The zero-order valence-electron chi connectivity index (χ0n) is 10.8. The summed E-state index contributed by atoms with van der Waals surface area (Å²) in [7, 11) is 0. The van der Waals surface area contributed by atoms with Crippen molar-refractivity contribution in [3.63, 3.8) is 0 Å². The van der Waals surface area contributed by atoms with Crippen molar-refractivity contribution in [1.82, 2.24) is 9.55 Å². The van der Waals surface area contributed by atoms with E-state index in [0.29, 0.717) is 16.4 Å². The Morgan fingerprint density at radius 2 is 2.10 bits per heavy atom. The fourth-order valence-corrected chi connectivity index (χ4v) is 3.01. The number of benzene rings is 1. The van der Waals surface area contributed by atoms with Gasteiger partial charge < -0.3 is 15.4 Å². The summed E-state index contributed by atoms with van der Waals surface area (Å²) in [6.45, 7) is 0. The summed E-state index contributed by atoms with van der Waals surface area (Å²) in [5.41, 5.74) is 8.64. The van der Waals surface area contributed by atoms with Crippen LogP contribution in [0.25, 0.3) is 5.69 Å². The van der Waals surface area contributed by atoms with Crippen LogP contribution in [0.3, 0.4) is 0 Å². The number of hydrogen-bond acceptors (Lipinski definition) is 3. The summed E-state index contributed by atoms with van der Waals surface area (Å²) in [6.07, 6.45) is 5.66. The fourth-order valence-electron chi connectivity index (χ4n) is 2.69. The molecular weight excluding hydrogens is 278 g/mol. The number of carbonyl (C=O) groups is 1. The third kappa shape index (κ3) is 2.04. The second-order valence-corrected chi connectivity index (χ2v) is 5.33. The topological polar surface area (TPSA) is 81.1 Å². The van der Waals surface area contributed by atoms with Crippen molar-refractivity contribution < 1.29 is 9.90 Å². The molecule has 5 nitrogen and oxygen atoms in total. The van der Waals surface area contributed by atoms with Gasteiger partial charge in [0.2, 0.25) is 0 Å². The van der Waals surface area contributed by atoms with E-state index in [-0.39, 0.29) is 5.56 Å². The minimum Gasteiger partial charge on any atom is -0.478 e. The maximum atomic E-state index is 11.4. The number of aromatic nitrogens is 2. The number of imidazole rings is 1. The van der Waals surface area contributed by atoms with Gasteiger partial charge in [-0.25, -0.2) is 9.78 Å². The summed E-state index contributed by atoms with van der Waals surface area (Å²) in [5, 5.41) is 9.70. The summed E-state index contributed by atoms with van der Waals surface area (Å²) >= 11 is 6.22. The maximum absolute atomic E-state index is 11.4. The van der Waals surface area contributed by atoms with Gasteiger partial charge in [-0.1, -0.05) is 11.6 Å². The van der Waals surface area contributed by atoms with Crippen molar-refractivity contribution >= 4 is 23.3 Å². The SMILES string of the molecule is Nc1cc(Cl)c(-n2cnc3c2CCCC3)c(C(=O)O)c1. The molecule has 0 spiro atoms. The van der Waals surface area contributed by atoms with Gasteiger partial charge in [0.05, 0.1) is 28.3 Å². The Kier molecular flexibility index (Phi) is 3.14. The molecule has 2 aromatic rings. The van der Waals surface area contributed by atoms with Gasteiger partial charge in [0.25, 0.3) is 0 Å². The molecule has 0 atom stereocenters. The number of halogens is 1. The third-order valence-electron chi connectivity index (χ3n) is 3.59. The maximum Gasteiger partial charge on any atom is 0.337 e. The van der Waals surface area contributed by atoms with E-state index >= 15 is 0 Å². The molecule has 0 bridgehead atoms. The number of nitrogens with zero attached hydrogens (tertiary/aromatic N) is 2. The first kappa shape index (κ1) is 13.0. The molecule has 0 radical (unpaired) electrons. The highest BCUT2D eigenvalue weighted by Gasteiger charge is 2.22. The molecule has 0 saturated carbocycles. The average Bonchev–Trinajstić information content (AvgIpc) is 2.81. The number of aryl methyl sites for hydroxylation is 1. The number of carboxylic acid groups (broad SMARTS) is 1. The predicted molar refractivity (Wildman–Crippen MR) is 76.6 cm³/mol. The largest absolute Gasteiger partial charge is 0.478 e. The Morgan fingerprint density at radius 1 is 1.35 bits per heavy atom. The quantitative estimate of drug-likeness (QED) is 0.834. The van der Waals surface area contributed by atoms with Crippen LogP contribution < -0.4 is 5.73 Å². The Labute approximate surface area is 121 Å². The Balaban J connectivity index is 2.24. The molecule has 20 heavy (non-hydrogen) atoms. The zero-order valence-corrected chi connectivity index (χ0v) is 11.5. The first-order valence-electron chi connectivity index (χ1n) is 6.45. The van der Waals surface area contributed by atoms with Gasteiger partial charge in [0.1, 0.15) is 0 Å². The number of nitrogens with two attached hydrogens (primary N) is 1. The van der Waals surface area contributed by atoms with E-state index in [1.165, 1.54) is 6.07 Å². The molecule has 3 N–H and O–H groups in total. The lowest BCUT2D eigenvalue weighted by molar-refractivity contribution is 0.0697. The van der Waals surface area contributed by atoms with E-state index in [9.17, 15) is 9.90 Å². The fraction of sp³-hybridized carbons (Fsp3) is 0.286. The van der Waals surface area contributed by atoms with Crippen LogP contribution in [0.2, 0.25) is 5.02 Å². The van der Waals surface area contributed by atoms with Crippen LogP contribution in [0.1, 0.15) is 34.6 Å². The van der Waals surface area contributed by atoms with E-state index in [4.69, 9.17) is 17.3 Å². The Hall–Kier alpha value is -2.01. The highest BCUT2D eigenvalue weighted by Crippen LogP contribution is 2.31. The van der Waals surface area contributed by atoms with Gasteiger partial charge >= 0.3 is 5.97 Å². The predicted octanol–water partition coefficient (Wildman–Crippen LogP) is 2.68. The molecule has 104 valence electrons. The van der Waals surface area contributed by atoms with Crippen LogP contribution in [-0.4, -0.2) is 20.6 Å². The minimum absolute atomic E-state index is 0.0979. The van der Waals surface area contributed by atoms with E-state index in [0.717, 1.165) is 37.1 Å². The first-order chi connectivity index (χ1) is 9.58. The highest BCUT2D eigenvalue weighted by molar-refractivity contribution is 6.33. The second kappa shape index (κ2) is 4.83. The normalized spacial score (nSPS) is 14.1. The molecule has 1 heterocycles. The van der Waals surface area contributed by atoms with Crippen molar-refractivity contribution in [2.45, 2.75) is 25.7 Å². The number of anilines is 1. The summed E-state index contributed by atoms with van der Waals surface area (Å²) < 4.78 is 1.79. The summed E-state index contributed by atoms with van der Waals surface area (Å²) in [4.78, 5) is 15.8. The van der Waals surface area contributed by atoms with E-state index in [1.54, 1.807) is 17.0 Å². The molecule has 0 unspecified atom stereocenters. The van der Waals surface area contributed by atoms with Crippen molar-refractivity contribution in [2.75, 3.05) is 5.73 Å². The van der Waals surface area contributed by atoms with Crippen molar-refractivity contribution in [3.8, 4) is 5.69 Å². The molecule has 1 aromatic carbocycles. The molecule has 6 heteroatoms. The molecule has 0 saturated heterocycles. The van der Waals surface area contributed by atoms with Crippen LogP contribution in [0, 0.1) is 0 Å². The van der Waals surface area contributed by atoms with Crippen LogP contribution in [0.15, 0.2) is 18.5 Å². The number of rotatable bonds is 2. The Morgan fingerprint density at radius 3 is 2.85 bits per heavy atom. The van der Waals surface area contributed by atoms with Crippen LogP contribution >= 0.6 is 11.6 Å². The minimum atomic E-state index is -1.05. The van der Waals surface area contributed by atoms with E-state index < -0.39 is 5.97 Å². The molecule has 0 fully saturated rings. The monoisotopic (exact) mass is 291 g/mol. The molecule has 0 aliphatic heterocycles. The standard InChI is InChI=1S/C14H14ClN3O2/c15-10-6-8(16)5-9(14(19)20)13(10)18-7-17-11-3-1-2-4-12(11)18/h5-7H,1-4,16H2,(H,19,20). The molecule has 3 rings (SSSR count). The summed E-state index contributed by atoms with van der Waals surface area (Å²) in [5.74, 6) is -1.05. The van der Waals surface area contributed by atoms with Gasteiger partial charge in [-0.05, 0) is 37.8 Å². The van der Waals surface area contributed by atoms with Gasteiger partial charge in [-0.15, -0.1) is 0 Å². The van der Waals surface area contributed by atoms with E-state index in [2.05, 4.69) is 4.98 Å². The lowest BCUT2D eigenvalue weighted by atomic mass is 10.0. The van der Waals surface area contributed by atoms with Gasteiger partial charge in [0, 0.05) is 11.4 Å². The summed E-state index contributed by atoms with van der Waals surface area (Å²) in [6, 6.07) is 3.00. The van der Waals surface area contributed by atoms with Gasteiger partial charge in [-0.3, -0.25) is 0 Å². The highest BCUT2D eigenvalue weighted by atomic mass is 35.5. The zero-order chi connectivity index (χ0) is 14.3. The van der Waals surface area contributed by atoms with Gasteiger partial charge in [0.15, 0.2) is 0 Å². The van der Waals surface area contributed by atoms with Crippen LogP contribution in [-0.2, 0) is 12.8 Å². The number of fused-ring (bicyclic) bond motifs is 1. The molecule has 1 aliphatic rings. The smallest absolute Gasteiger partial charge is 0.337 e. The van der Waals surface area contributed by atoms with Crippen LogP contribution in [0.5, 0.6) is 0 Å². The third-order valence-corrected chi connectivity index (χ3v) is 3.88. The lowest BCUT2D eigenvalue weighted by Crippen LogP contribution is -2.11. The number of aromatic carboxylic acids is 1.